The van der Waals surface area contributed by atoms with Crippen molar-refractivity contribution in [3.63, 3.8) is 0 Å². The number of nitrogens with zero attached hydrogens (tertiary/aromatic N) is 1. The van der Waals surface area contributed by atoms with Crippen molar-refractivity contribution in [3.05, 3.63) is 29.8 Å². The van der Waals surface area contributed by atoms with Crippen LogP contribution in [0.15, 0.2) is 24.3 Å². The van der Waals surface area contributed by atoms with Gasteiger partial charge in [-0.05, 0) is 62.9 Å². The molecule has 0 aromatic heterocycles. The Labute approximate surface area is 140 Å². The predicted molar refractivity (Wildman–Crippen MR) is 92.8 cm³/mol. The second-order valence-corrected chi connectivity index (χ2v) is 6.89. The molecule has 3 rings (SSSR count). The number of ether oxygens (including phenoxy) is 2. The highest BCUT2D eigenvalue weighted by Gasteiger charge is 2.20. The van der Waals surface area contributed by atoms with Gasteiger partial charge in [0.1, 0.15) is 12.4 Å². The van der Waals surface area contributed by atoms with Crippen molar-refractivity contribution in [2.45, 2.75) is 38.3 Å². The van der Waals surface area contributed by atoms with E-state index < -0.39 is 0 Å². The maximum Gasteiger partial charge on any atom is 0.119 e. The molecule has 23 heavy (non-hydrogen) atoms. The normalized spacial score (nSPS) is 19.2. The summed E-state index contributed by atoms with van der Waals surface area (Å²) in [6.45, 7) is 5.59. The average molecular weight is 318 g/mol. The summed E-state index contributed by atoms with van der Waals surface area (Å²) in [7, 11) is 2.19. The zero-order valence-electron chi connectivity index (χ0n) is 14.3. The maximum absolute atomic E-state index is 5.95. The first-order valence-corrected chi connectivity index (χ1v) is 9.02. The van der Waals surface area contributed by atoms with E-state index in [0.29, 0.717) is 6.04 Å². The second kappa shape index (κ2) is 8.67. The van der Waals surface area contributed by atoms with Crippen molar-refractivity contribution in [3.8, 4) is 5.75 Å². The Morgan fingerprint density at radius 3 is 2.83 bits per heavy atom. The third-order valence-corrected chi connectivity index (χ3v) is 4.88. The lowest BCUT2D eigenvalue weighted by Gasteiger charge is -2.31. The third kappa shape index (κ3) is 5.79. The van der Waals surface area contributed by atoms with Gasteiger partial charge in [-0.1, -0.05) is 12.1 Å². The van der Waals surface area contributed by atoms with Crippen LogP contribution < -0.4 is 10.1 Å². The monoisotopic (exact) mass is 318 g/mol. The first-order chi connectivity index (χ1) is 11.3. The van der Waals surface area contributed by atoms with Gasteiger partial charge in [-0.15, -0.1) is 0 Å². The fraction of sp³-hybridized carbons (Fsp3) is 0.684. The van der Waals surface area contributed by atoms with Crippen LogP contribution in [0.1, 0.15) is 31.2 Å². The fourth-order valence-electron chi connectivity index (χ4n) is 3.10. The first kappa shape index (κ1) is 16.7. The van der Waals surface area contributed by atoms with Crippen molar-refractivity contribution in [1.29, 1.82) is 0 Å². The number of nitrogens with one attached hydrogen (secondary N) is 1. The SMILES string of the molecule is CN(CCOc1cccc(CNCC2CC2)c1)C1CCOCC1. The van der Waals surface area contributed by atoms with Crippen LogP contribution in [-0.2, 0) is 11.3 Å². The molecule has 1 aliphatic carbocycles. The zero-order valence-corrected chi connectivity index (χ0v) is 14.3. The Hall–Kier alpha value is -1.10. The van der Waals surface area contributed by atoms with Crippen molar-refractivity contribution < 1.29 is 9.47 Å². The van der Waals surface area contributed by atoms with E-state index in [9.17, 15) is 0 Å². The van der Waals surface area contributed by atoms with Gasteiger partial charge in [0, 0.05) is 32.3 Å². The van der Waals surface area contributed by atoms with Gasteiger partial charge < -0.3 is 14.8 Å². The molecule has 0 spiro atoms. The number of hydrogen-bond donors (Lipinski definition) is 1. The largest absolute Gasteiger partial charge is 0.492 e. The predicted octanol–water partition coefficient (Wildman–Crippen LogP) is 2.68. The highest BCUT2D eigenvalue weighted by molar-refractivity contribution is 5.28. The lowest BCUT2D eigenvalue weighted by Crippen LogP contribution is -2.38. The minimum absolute atomic E-state index is 0.644. The Bertz CT molecular complexity index is 470. The molecule has 0 unspecified atom stereocenters. The number of benzene rings is 1. The van der Waals surface area contributed by atoms with Crippen LogP contribution in [0.5, 0.6) is 5.75 Å². The molecule has 1 heterocycles. The van der Waals surface area contributed by atoms with Crippen LogP contribution >= 0.6 is 0 Å². The molecule has 0 atom stereocenters. The van der Waals surface area contributed by atoms with Crippen LogP contribution in [0.3, 0.4) is 0 Å². The molecule has 1 saturated heterocycles. The Morgan fingerprint density at radius 2 is 2.04 bits per heavy atom. The summed E-state index contributed by atoms with van der Waals surface area (Å²) in [5.41, 5.74) is 1.31. The summed E-state index contributed by atoms with van der Waals surface area (Å²) >= 11 is 0. The van der Waals surface area contributed by atoms with Gasteiger partial charge in [0.05, 0.1) is 0 Å². The summed E-state index contributed by atoms with van der Waals surface area (Å²) < 4.78 is 11.4. The van der Waals surface area contributed by atoms with Gasteiger partial charge in [0.15, 0.2) is 0 Å². The van der Waals surface area contributed by atoms with Gasteiger partial charge >= 0.3 is 0 Å². The Kier molecular flexibility index (Phi) is 6.31. The van der Waals surface area contributed by atoms with Gasteiger partial charge in [-0.3, -0.25) is 4.90 Å². The van der Waals surface area contributed by atoms with Crippen LogP contribution in [0, 0.1) is 5.92 Å². The van der Waals surface area contributed by atoms with E-state index >= 15 is 0 Å². The molecule has 4 nitrogen and oxygen atoms in total. The van der Waals surface area contributed by atoms with E-state index in [-0.39, 0.29) is 0 Å². The first-order valence-electron chi connectivity index (χ1n) is 9.02. The molecule has 4 heteroatoms. The Morgan fingerprint density at radius 1 is 1.22 bits per heavy atom. The molecule has 0 radical (unpaired) electrons. The molecule has 1 saturated carbocycles. The molecule has 0 bridgehead atoms. The standard InChI is InChI=1S/C19H30N2O2/c1-21(18-7-10-22-11-8-18)9-12-23-19-4-2-3-17(13-19)15-20-14-16-5-6-16/h2-4,13,16,18,20H,5-12,14-15H2,1H3. The molecular weight excluding hydrogens is 288 g/mol. The summed E-state index contributed by atoms with van der Waals surface area (Å²) in [4.78, 5) is 2.41. The van der Waals surface area contributed by atoms with Crippen molar-refractivity contribution >= 4 is 0 Å². The summed E-state index contributed by atoms with van der Waals surface area (Å²) in [5, 5.41) is 3.53. The summed E-state index contributed by atoms with van der Waals surface area (Å²) in [5.74, 6) is 1.91. The molecule has 2 fully saturated rings. The van der Waals surface area contributed by atoms with Gasteiger partial charge in [0.25, 0.3) is 0 Å². The maximum atomic E-state index is 5.95. The van der Waals surface area contributed by atoms with E-state index in [1.165, 1.54) is 18.4 Å². The molecule has 1 aromatic carbocycles. The van der Waals surface area contributed by atoms with Gasteiger partial charge in [-0.25, -0.2) is 0 Å². The van der Waals surface area contributed by atoms with E-state index in [0.717, 1.165) is 64.0 Å². The van der Waals surface area contributed by atoms with Gasteiger partial charge in [0.2, 0.25) is 0 Å². The quantitative estimate of drug-likeness (QED) is 0.759. The van der Waals surface area contributed by atoms with Crippen LogP contribution in [0.2, 0.25) is 0 Å². The van der Waals surface area contributed by atoms with Crippen LogP contribution in [-0.4, -0.2) is 50.9 Å². The van der Waals surface area contributed by atoms with E-state index in [2.05, 4.69) is 41.5 Å². The lowest BCUT2D eigenvalue weighted by atomic mass is 10.1. The van der Waals surface area contributed by atoms with Crippen molar-refractivity contribution in [2.24, 2.45) is 5.92 Å². The van der Waals surface area contributed by atoms with Gasteiger partial charge in [-0.2, -0.15) is 0 Å². The molecule has 1 N–H and O–H groups in total. The smallest absolute Gasteiger partial charge is 0.119 e. The van der Waals surface area contributed by atoms with Crippen LogP contribution in [0.25, 0.3) is 0 Å². The van der Waals surface area contributed by atoms with Crippen LogP contribution in [0.4, 0.5) is 0 Å². The molecule has 128 valence electrons. The number of rotatable bonds is 9. The zero-order chi connectivity index (χ0) is 15.9. The highest BCUT2D eigenvalue weighted by atomic mass is 16.5. The summed E-state index contributed by atoms with van der Waals surface area (Å²) in [6.07, 6.45) is 5.07. The van der Waals surface area contributed by atoms with E-state index in [1.54, 1.807) is 0 Å². The molecule has 0 amide bonds. The van der Waals surface area contributed by atoms with Crippen molar-refractivity contribution in [1.82, 2.24) is 10.2 Å². The molecular formula is C19H30N2O2. The van der Waals surface area contributed by atoms with Crippen molar-refractivity contribution in [2.75, 3.05) is 40.0 Å². The number of likely N-dealkylation sites (N-methyl/N-ethyl adjacent to an activating group) is 1. The highest BCUT2D eigenvalue weighted by Crippen LogP contribution is 2.27. The fourth-order valence-corrected chi connectivity index (χ4v) is 3.10. The second-order valence-electron chi connectivity index (χ2n) is 6.89. The summed E-state index contributed by atoms with van der Waals surface area (Å²) in [6, 6.07) is 9.12. The average Bonchev–Trinajstić information content (AvgIpc) is 3.40. The Balaban J connectivity index is 1.36. The molecule has 1 aliphatic heterocycles. The molecule has 2 aliphatic rings. The minimum Gasteiger partial charge on any atom is -0.492 e. The molecule has 1 aromatic rings. The third-order valence-electron chi connectivity index (χ3n) is 4.88. The number of hydrogen-bond acceptors (Lipinski definition) is 4. The minimum atomic E-state index is 0.644. The topological polar surface area (TPSA) is 33.7 Å². The van der Waals surface area contributed by atoms with E-state index in [4.69, 9.17) is 9.47 Å². The lowest BCUT2D eigenvalue weighted by molar-refractivity contribution is 0.0392. The van der Waals surface area contributed by atoms with E-state index in [1.807, 2.05) is 0 Å².